The van der Waals surface area contributed by atoms with Crippen LogP contribution in [0.2, 0.25) is 0 Å². The van der Waals surface area contributed by atoms with E-state index in [1.165, 1.54) is 0 Å². The number of hydrogen-bond acceptors (Lipinski definition) is 5. The molecule has 3 aliphatic rings. The molecule has 1 N–H and O–H groups in total. The van der Waals surface area contributed by atoms with Crippen molar-refractivity contribution in [2.24, 2.45) is 5.92 Å². The van der Waals surface area contributed by atoms with Gasteiger partial charge in [-0.3, -0.25) is 9.59 Å². The number of carbonyl (C=O) groups excluding carboxylic acids is 2. The number of aromatic nitrogens is 1. The van der Waals surface area contributed by atoms with Gasteiger partial charge in [0.05, 0.1) is 5.92 Å². The predicted molar refractivity (Wildman–Crippen MR) is 107 cm³/mol. The molecule has 3 heterocycles. The third-order valence-electron chi connectivity index (χ3n) is 6.35. The Kier molecular flexibility index (Phi) is 6.33. The van der Waals surface area contributed by atoms with E-state index in [9.17, 15) is 9.59 Å². The van der Waals surface area contributed by atoms with Gasteiger partial charge in [0.25, 0.3) is 0 Å². The van der Waals surface area contributed by atoms with Crippen LogP contribution in [-0.2, 0) is 14.3 Å². The van der Waals surface area contributed by atoms with Crippen molar-refractivity contribution in [2.75, 3.05) is 19.8 Å². The first-order valence-corrected chi connectivity index (χ1v) is 10.9. The maximum atomic E-state index is 12.7. The van der Waals surface area contributed by atoms with Crippen LogP contribution in [0.1, 0.15) is 50.5 Å². The summed E-state index contributed by atoms with van der Waals surface area (Å²) >= 11 is 0. The average Bonchev–Trinajstić information content (AvgIpc) is 3.14. The number of hydrogen-bond donors (Lipinski definition) is 1. The molecule has 1 aromatic heterocycles. The highest BCUT2D eigenvalue weighted by Crippen LogP contribution is 2.27. The van der Waals surface area contributed by atoms with Crippen LogP contribution in [0.3, 0.4) is 0 Å². The first-order chi connectivity index (χ1) is 14.1. The van der Waals surface area contributed by atoms with Crippen molar-refractivity contribution in [3.8, 4) is 5.88 Å². The highest BCUT2D eigenvalue weighted by atomic mass is 16.5. The lowest BCUT2D eigenvalue weighted by Crippen LogP contribution is -2.44. The summed E-state index contributed by atoms with van der Waals surface area (Å²) in [6.45, 7) is 3.96. The topological polar surface area (TPSA) is 80.8 Å². The van der Waals surface area contributed by atoms with E-state index in [0.29, 0.717) is 32.1 Å². The Balaban J connectivity index is 1.21. The van der Waals surface area contributed by atoms with Gasteiger partial charge in [-0.1, -0.05) is 6.07 Å². The molecule has 1 unspecified atom stereocenters. The van der Waals surface area contributed by atoms with Crippen molar-refractivity contribution in [3.63, 3.8) is 0 Å². The van der Waals surface area contributed by atoms with E-state index in [-0.39, 0.29) is 35.9 Å². The van der Waals surface area contributed by atoms with Gasteiger partial charge in [0.15, 0.2) is 0 Å². The summed E-state index contributed by atoms with van der Waals surface area (Å²) in [6, 6.07) is 4.31. The van der Waals surface area contributed by atoms with E-state index in [1.54, 1.807) is 0 Å². The highest BCUT2D eigenvalue weighted by molar-refractivity contribution is 5.89. The molecule has 2 aliphatic heterocycles. The molecule has 1 atom stereocenters. The van der Waals surface area contributed by atoms with Gasteiger partial charge >= 0.3 is 0 Å². The first kappa shape index (κ1) is 20.1. The van der Waals surface area contributed by atoms with Gasteiger partial charge in [-0.05, 0) is 51.0 Å². The molecule has 29 heavy (non-hydrogen) atoms. The number of likely N-dealkylation sites (tertiary alicyclic amines) is 1. The number of rotatable bonds is 5. The molecule has 0 spiro atoms. The molecule has 2 saturated heterocycles. The largest absolute Gasteiger partial charge is 0.474 e. The predicted octanol–water partition coefficient (Wildman–Crippen LogP) is 2.22. The highest BCUT2D eigenvalue weighted by Gasteiger charge is 2.39. The lowest BCUT2D eigenvalue weighted by Gasteiger charge is -2.31. The van der Waals surface area contributed by atoms with Crippen LogP contribution in [0.25, 0.3) is 0 Å². The summed E-state index contributed by atoms with van der Waals surface area (Å²) in [4.78, 5) is 31.4. The summed E-state index contributed by atoms with van der Waals surface area (Å²) < 4.78 is 11.4. The SMILES string of the molecule is Cc1ccc(OC2CCC(NC(=O)C3CC(=O)N(C4CCOCC4)C3)CC2)nc1. The van der Waals surface area contributed by atoms with E-state index in [0.717, 1.165) is 44.1 Å². The summed E-state index contributed by atoms with van der Waals surface area (Å²) in [7, 11) is 0. The molecule has 0 radical (unpaired) electrons. The fourth-order valence-corrected chi connectivity index (χ4v) is 4.60. The molecule has 7 nitrogen and oxygen atoms in total. The normalized spacial score (nSPS) is 28.4. The zero-order valence-corrected chi connectivity index (χ0v) is 17.1. The van der Waals surface area contributed by atoms with E-state index in [1.807, 2.05) is 30.2 Å². The molecule has 0 bridgehead atoms. The Morgan fingerprint density at radius 2 is 1.93 bits per heavy atom. The Bertz CT molecular complexity index is 709. The molecule has 3 fully saturated rings. The van der Waals surface area contributed by atoms with Gasteiger partial charge in [-0.2, -0.15) is 0 Å². The first-order valence-electron chi connectivity index (χ1n) is 10.9. The minimum absolute atomic E-state index is 0.0254. The molecule has 1 saturated carbocycles. The van der Waals surface area contributed by atoms with E-state index in [4.69, 9.17) is 9.47 Å². The second-order valence-electron chi connectivity index (χ2n) is 8.56. The monoisotopic (exact) mass is 401 g/mol. The quantitative estimate of drug-likeness (QED) is 0.818. The van der Waals surface area contributed by atoms with Crippen LogP contribution in [0.4, 0.5) is 0 Å². The van der Waals surface area contributed by atoms with E-state index in [2.05, 4.69) is 10.3 Å². The van der Waals surface area contributed by atoms with Crippen molar-refractivity contribution in [3.05, 3.63) is 23.9 Å². The minimum Gasteiger partial charge on any atom is -0.474 e. The van der Waals surface area contributed by atoms with Gasteiger partial charge in [-0.25, -0.2) is 4.98 Å². The van der Waals surface area contributed by atoms with E-state index >= 15 is 0 Å². The number of aryl methyl sites for hydroxylation is 1. The smallest absolute Gasteiger partial charge is 0.225 e. The second-order valence-corrected chi connectivity index (χ2v) is 8.56. The van der Waals surface area contributed by atoms with Crippen molar-refractivity contribution < 1.29 is 19.1 Å². The summed E-state index contributed by atoms with van der Waals surface area (Å²) in [6.07, 6.45) is 7.64. The van der Waals surface area contributed by atoms with Crippen molar-refractivity contribution in [2.45, 2.75) is 70.1 Å². The van der Waals surface area contributed by atoms with Crippen LogP contribution in [0.15, 0.2) is 18.3 Å². The second kappa shape index (κ2) is 9.11. The lowest BCUT2D eigenvalue weighted by molar-refractivity contribution is -0.131. The summed E-state index contributed by atoms with van der Waals surface area (Å²) in [5, 5.41) is 3.18. The number of amides is 2. The number of carbonyl (C=O) groups is 2. The molecule has 4 rings (SSSR count). The molecular formula is C22H31N3O4. The number of nitrogens with zero attached hydrogens (tertiary/aromatic N) is 2. The fraction of sp³-hybridized carbons (Fsp3) is 0.682. The van der Waals surface area contributed by atoms with Crippen molar-refractivity contribution in [1.29, 1.82) is 0 Å². The van der Waals surface area contributed by atoms with Crippen LogP contribution in [0.5, 0.6) is 5.88 Å². The van der Waals surface area contributed by atoms with E-state index < -0.39 is 0 Å². The van der Waals surface area contributed by atoms with Crippen LogP contribution in [-0.4, -0.2) is 59.6 Å². The van der Waals surface area contributed by atoms with Gasteiger partial charge < -0.3 is 19.7 Å². The standard InChI is InChI=1S/C22H31N3O4/c1-15-2-7-20(23-13-15)29-19-5-3-17(4-6-19)24-22(27)16-12-21(26)25(14-16)18-8-10-28-11-9-18/h2,7,13,16-19H,3-6,8-12,14H2,1H3,(H,24,27). The van der Waals surface area contributed by atoms with Crippen molar-refractivity contribution in [1.82, 2.24) is 15.2 Å². The zero-order chi connectivity index (χ0) is 20.2. The van der Waals surface area contributed by atoms with Gasteiger partial charge in [0, 0.05) is 50.5 Å². The summed E-state index contributed by atoms with van der Waals surface area (Å²) in [5.74, 6) is 0.578. The maximum Gasteiger partial charge on any atom is 0.225 e. The lowest BCUT2D eigenvalue weighted by atomic mass is 9.92. The third-order valence-corrected chi connectivity index (χ3v) is 6.35. The Labute approximate surface area is 172 Å². The Morgan fingerprint density at radius 3 is 2.62 bits per heavy atom. The molecular weight excluding hydrogens is 370 g/mol. The van der Waals surface area contributed by atoms with Crippen LogP contribution >= 0.6 is 0 Å². The maximum absolute atomic E-state index is 12.7. The Morgan fingerprint density at radius 1 is 1.17 bits per heavy atom. The average molecular weight is 402 g/mol. The van der Waals surface area contributed by atoms with Crippen molar-refractivity contribution >= 4 is 11.8 Å². The molecule has 158 valence electrons. The minimum atomic E-state index is -0.226. The van der Waals surface area contributed by atoms with Gasteiger partial charge in [0.1, 0.15) is 6.10 Å². The van der Waals surface area contributed by atoms with Gasteiger partial charge in [0.2, 0.25) is 17.7 Å². The third kappa shape index (κ3) is 5.07. The molecule has 2 amide bonds. The fourth-order valence-electron chi connectivity index (χ4n) is 4.60. The number of nitrogens with one attached hydrogen (secondary N) is 1. The number of ether oxygens (including phenoxy) is 2. The zero-order valence-electron chi connectivity index (χ0n) is 17.1. The molecule has 1 aliphatic carbocycles. The molecule has 7 heteroatoms. The van der Waals surface area contributed by atoms with Gasteiger partial charge in [-0.15, -0.1) is 0 Å². The van der Waals surface area contributed by atoms with Crippen LogP contribution in [0, 0.1) is 12.8 Å². The summed E-state index contributed by atoms with van der Waals surface area (Å²) in [5.41, 5.74) is 1.12. The molecule has 0 aromatic carbocycles. The van der Waals surface area contributed by atoms with Crippen LogP contribution < -0.4 is 10.1 Å². The number of pyridine rings is 1. The molecule has 1 aromatic rings. The Hall–Kier alpha value is -2.15.